The molecule has 0 spiro atoms. The van der Waals surface area contributed by atoms with Gasteiger partial charge >= 0.3 is 0 Å². The molecule has 0 unspecified atom stereocenters. The van der Waals surface area contributed by atoms with Gasteiger partial charge in [0.25, 0.3) is 0 Å². The highest BCUT2D eigenvalue weighted by Crippen LogP contribution is 2.15. The van der Waals surface area contributed by atoms with E-state index in [1.165, 1.54) is 0 Å². The molecule has 0 aromatic carbocycles. The predicted molar refractivity (Wildman–Crippen MR) is 60.9 cm³/mol. The fourth-order valence-electron chi connectivity index (χ4n) is 1.10. The first-order valence-corrected chi connectivity index (χ1v) is 3.75. The largest absolute Gasteiger partial charge is 0.275 e. The number of rotatable bonds is 1. The van der Waals surface area contributed by atoms with Crippen LogP contribution in [0.1, 0.15) is 0 Å². The Bertz CT molecular complexity index is 373. The Morgan fingerprint density at radius 3 is 2.43 bits per heavy atom. The quantitative estimate of drug-likeness (QED) is 0.755. The van der Waals surface area contributed by atoms with Gasteiger partial charge in [-0.3, -0.25) is 9.67 Å². The number of aromatic nitrogens is 3. The van der Waals surface area contributed by atoms with E-state index in [0.717, 1.165) is 11.1 Å². The van der Waals surface area contributed by atoms with E-state index in [4.69, 9.17) is 0 Å². The number of pyridine rings is 1. The Morgan fingerprint density at radius 2 is 1.93 bits per heavy atom. The Kier molecular flexibility index (Phi) is 5.20. The lowest BCUT2D eigenvalue weighted by atomic mass is 10.2. The molecule has 2 aromatic rings. The Labute approximate surface area is 95.0 Å². The van der Waals surface area contributed by atoms with E-state index in [1.54, 1.807) is 10.9 Å². The maximum atomic E-state index is 4.08. The van der Waals surface area contributed by atoms with Crippen molar-refractivity contribution in [2.75, 3.05) is 0 Å². The third-order valence-corrected chi connectivity index (χ3v) is 1.70. The van der Waals surface area contributed by atoms with Crippen LogP contribution in [0.25, 0.3) is 11.1 Å². The number of hydrogen-bond acceptors (Lipinski definition) is 2. The highest BCUT2D eigenvalue weighted by molar-refractivity contribution is 5.85. The molecule has 0 aliphatic carbocycles. The molecule has 2 rings (SSSR count). The molecule has 0 bridgehead atoms. The summed E-state index contributed by atoms with van der Waals surface area (Å²) in [5.41, 5.74) is 2.20. The van der Waals surface area contributed by atoms with Gasteiger partial charge in [-0.2, -0.15) is 5.10 Å². The van der Waals surface area contributed by atoms with Gasteiger partial charge in [-0.25, -0.2) is 0 Å². The molecule has 14 heavy (non-hydrogen) atoms. The number of aryl methyl sites for hydroxylation is 1. The Hall–Kier alpha value is -1.06. The average Bonchev–Trinajstić information content (AvgIpc) is 2.54. The summed E-state index contributed by atoms with van der Waals surface area (Å²) in [6.07, 6.45) is 7.39. The van der Waals surface area contributed by atoms with Crippen LogP contribution in [-0.2, 0) is 7.05 Å². The van der Waals surface area contributed by atoms with E-state index in [1.807, 2.05) is 37.8 Å². The van der Waals surface area contributed by atoms with Crippen LogP contribution in [0.3, 0.4) is 0 Å². The fraction of sp³-hybridized carbons (Fsp3) is 0.111. The van der Waals surface area contributed by atoms with Crippen LogP contribution in [0.5, 0.6) is 0 Å². The number of halogens is 2. The molecule has 0 fully saturated rings. The van der Waals surface area contributed by atoms with Crippen molar-refractivity contribution in [3.63, 3.8) is 0 Å². The molecule has 0 radical (unpaired) electrons. The third-order valence-electron chi connectivity index (χ3n) is 1.70. The standard InChI is InChI=1S/C9H9N3.2ClH/c1-12-7-9(6-11-12)8-3-2-4-10-5-8;;/h2-7H,1H3;2*1H. The molecule has 3 nitrogen and oxygen atoms in total. The summed E-state index contributed by atoms with van der Waals surface area (Å²) in [4.78, 5) is 4.03. The molecule has 0 atom stereocenters. The van der Waals surface area contributed by atoms with Gasteiger partial charge in [-0.15, -0.1) is 24.8 Å². The molecule has 0 N–H and O–H groups in total. The Balaban J connectivity index is 0.000000845. The molecular weight excluding hydrogens is 221 g/mol. The lowest BCUT2D eigenvalue weighted by molar-refractivity contribution is 0.768. The van der Waals surface area contributed by atoms with E-state index in [2.05, 4.69) is 10.1 Å². The van der Waals surface area contributed by atoms with Crippen LogP contribution in [0, 0.1) is 0 Å². The smallest absolute Gasteiger partial charge is 0.0568 e. The summed E-state index contributed by atoms with van der Waals surface area (Å²) in [7, 11) is 1.90. The van der Waals surface area contributed by atoms with Gasteiger partial charge in [0.2, 0.25) is 0 Å². The molecule has 0 saturated carbocycles. The zero-order chi connectivity index (χ0) is 8.39. The van der Waals surface area contributed by atoms with Crippen molar-refractivity contribution in [1.29, 1.82) is 0 Å². The number of nitrogens with zero attached hydrogens (tertiary/aromatic N) is 3. The molecular formula is C9H11Cl2N3. The summed E-state index contributed by atoms with van der Waals surface area (Å²) in [6.45, 7) is 0. The van der Waals surface area contributed by atoms with Crippen LogP contribution in [-0.4, -0.2) is 14.8 Å². The van der Waals surface area contributed by atoms with Gasteiger partial charge in [0.15, 0.2) is 0 Å². The summed E-state index contributed by atoms with van der Waals surface area (Å²) in [5.74, 6) is 0. The summed E-state index contributed by atoms with van der Waals surface area (Å²) >= 11 is 0. The second-order valence-electron chi connectivity index (χ2n) is 2.64. The van der Waals surface area contributed by atoms with Crippen LogP contribution in [0.2, 0.25) is 0 Å². The average molecular weight is 232 g/mol. The maximum Gasteiger partial charge on any atom is 0.0568 e. The van der Waals surface area contributed by atoms with Crippen molar-refractivity contribution < 1.29 is 0 Å². The first-order chi connectivity index (χ1) is 5.86. The predicted octanol–water partition coefficient (Wildman–Crippen LogP) is 2.33. The van der Waals surface area contributed by atoms with Crippen molar-refractivity contribution in [3.05, 3.63) is 36.9 Å². The van der Waals surface area contributed by atoms with Gasteiger partial charge in [-0.1, -0.05) is 6.07 Å². The van der Waals surface area contributed by atoms with Crippen molar-refractivity contribution in [2.45, 2.75) is 0 Å². The van der Waals surface area contributed by atoms with Gasteiger partial charge in [0.1, 0.15) is 0 Å². The van der Waals surface area contributed by atoms with E-state index in [-0.39, 0.29) is 24.8 Å². The van der Waals surface area contributed by atoms with Gasteiger partial charge in [0, 0.05) is 36.8 Å². The molecule has 0 amide bonds. The summed E-state index contributed by atoms with van der Waals surface area (Å²) in [5, 5.41) is 4.08. The lowest BCUT2D eigenvalue weighted by Gasteiger charge is -1.92. The maximum absolute atomic E-state index is 4.08. The molecule has 0 aliphatic rings. The molecule has 5 heteroatoms. The minimum Gasteiger partial charge on any atom is -0.275 e. The minimum atomic E-state index is 0. The monoisotopic (exact) mass is 231 g/mol. The van der Waals surface area contributed by atoms with Crippen LogP contribution in [0.15, 0.2) is 36.9 Å². The molecule has 2 aromatic heterocycles. The van der Waals surface area contributed by atoms with E-state index in [0.29, 0.717) is 0 Å². The van der Waals surface area contributed by atoms with Crippen LogP contribution >= 0.6 is 24.8 Å². The fourth-order valence-corrected chi connectivity index (χ4v) is 1.10. The van der Waals surface area contributed by atoms with E-state index in [9.17, 15) is 0 Å². The summed E-state index contributed by atoms with van der Waals surface area (Å²) < 4.78 is 1.78. The topological polar surface area (TPSA) is 30.7 Å². The second kappa shape index (κ2) is 5.62. The first kappa shape index (κ1) is 12.9. The molecule has 76 valence electrons. The number of hydrogen-bond donors (Lipinski definition) is 0. The highest BCUT2D eigenvalue weighted by atomic mass is 35.5. The first-order valence-electron chi connectivity index (χ1n) is 3.75. The summed E-state index contributed by atoms with van der Waals surface area (Å²) in [6, 6.07) is 3.94. The van der Waals surface area contributed by atoms with Gasteiger partial charge in [0.05, 0.1) is 6.20 Å². The SMILES string of the molecule is Cl.Cl.Cn1cc(-c2cccnc2)cn1. The zero-order valence-corrected chi connectivity index (χ0v) is 9.26. The molecule has 0 aliphatic heterocycles. The highest BCUT2D eigenvalue weighted by Gasteiger charge is 1.97. The zero-order valence-electron chi connectivity index (χ0n) is 7.62. The van der Waals surface area contributed by atoms with Crippen molar-refractivity contribution in [2.24, 2.45) is 7.05 Å². The molecule has 0 saturated heterocycles. The van der Waals surface area contributed by atoms with Crippen molar-refractivity contribution in [3.8, 4) is 11.1 Å². The van der Waals surface area contributed by atoms with E-state index >= 15 is 0 Å². The minimum absolute atomic E-state index is 0. The molecule has 2 heterocycles. The van der Waals surface area contributed by atoms with Gasteiger partial charge in [-0.05, 0) is 6.07 Å². The second-order valence-corrected chi connectivity index (χ2v) is 2.64. The lowest BCUT2D eigenvalue weighted by Crippen LogP contribution is -1.84. The third kappa shape index (κ3) is 2.72. The van der Waals surface area contributed by atoms with Crippen molar-refractivity contribution >= 4 is 24.8 Å². The Morgan fingerprint density at radius 1 is 1.14 bits per heavy atom. The van der Waals surface area contributed by atoms with Crippen molar-refractivity contribution in [1.82, 2.24) is 14.8 Å². The van der Waals surface area contributed by atoms with E-state index < -0.39 is 0 Å². The van der Waals surface area contributed by atoms with Crippen LogP contribution < -0.4 is 0 Å². The van der Waals surface area contributed by atoms with Gasteiger partial charge < -0.3 is 0 Å². The normalized spacial score (nSPS) is 8.64. The van der Waals surface area contributed by atoms with Crippen LogP contribution in [0.4, 0.5) is 0 Å².